The summed E-state index contributed by atoms with van der Waals surface area (Å²) in [5.41, 5.74) is 6.65. The number of para-hydroxylation sites is 1. The highest BCUT2D eigenvalue weighted by atomic mass is 35.5. The minimum atomic E-state index is -0.487. The SMILES string of the molecule is CC(C)(N)CNC(=O)c1ccccc1OCc1ccc(F)cc1.Cl. The summed E-state index contributed by atoms with van der Waals surface area (Å²) in [6.45, 7) is 4.29. The Labute approximate surface area is 147 Å². The predicted octanol–water partition coefficient (Wildman–Crippen LogP) is 3.29. The zero-order valence-corrected chi connectivity index (χ0v) is 14.5. The Morgan fingerprint density at radius 3 is 2.42 bits per heavy atom. The molecule has 0 aliphatic carbocycles. The van der Waals surface area contributed by atoms with Crippen LogP contribution in [-0.4, -0.2) is 18.0 Å². The third-order valence-electron chi connectivity index (χ3n) is 3.14. The van der Waals surface area contributed by atoms with Crippen LogP contribution >= 0.6 is 12.4 Å². The van der Waals surface area contributed by atoms with E-state index >= 15 is 0 Å². The summed E-state index contributed by atoms with van der Waals surface area (Å²) in [4.78, 5) is 12.3. The van der Waals surface area contributed by atoms with Crippen molar-refractivity contribution in [1.29, 1.82) is 0 Å². The molecule has 4 nitrogen and oxygen atoms in total. The van der Waals surface area contributed by atoms with Crippen LogP contribution in [0, 0.1) is 5.82 Å². The fourth-order valence-electron chi connectivity index (χ4n) is 1.93. The molecule has 0 aliphatic rings. The fraction of sp³-hybridized carbons (Fsp3) is 0.278. The molecular weight excluding hydrogens is 331 g/mol. The summed E-state index contributed by atoms with van der Waals surface area (Å²) < 4.78 is 18.6. The zero-order chi connectivity index (χ0) is 16.9. The third kappa shape index (κ3) is 6.18. The number of nitrogens with two attached hydrogens (primary N) is 1. The van der Waals surface area contributed by atoms with Gasteiger partial charge in [0, 0.05) is 12.1 Å². The molecule has 0 unspecified atom stereocenters. The van der Waals surface area contributed by atoms with Crippen molar-refractivity contribution >= 4 is 18.3 Å². The van der Waals surface area contributed by atoms with Crippen molar-refractivity contribution in [3.63, 3.8) is 0 Å². The van der Waals surface area contributed by atoms with Gasteiger partial charge in [0.05, 0.1) is 5.56 Å². The Kier molecular flexibility index (Phi) is 7.19. The Bertz CT molecular complexity index is 669. The molecule has 0 radical (unpaired) electrons. The van der Waals surface area contributed by atoms with Crippen molar-refractivity contribution < 1.29 is 13.9 Å². The molecule has 130 valence electrons. The van der Waals surface area contributed by atoms with Crippen LogP contribution in [0.5, 0.6) is 5.75 Å². The third-order valence-corrected chi connectivity index (χ3v) is 3.14. The molecule has 0 aromatic heterocycles. The first kappa shape index (κ1) is 19.9. The average molecular weight is 353 g/mol. The van der Waals surface area contributed by atoms with E-state index in [-0.39, 0.29) is 30.7 Å². The van der Waals surface area contributed by atoms with Crippen LogP contribution in [-0.2, 0) is 6.61 Å². The van der Waals surface area contributed by atoms with Gasteiger partial charge in [-0.3, -0.25) is 4.79 Å². The Hall–Kier alpha value is -2.11. The van der Waals surface area contributed by atoms with Crippen LogP contribution < -0.4 is 15.8 Å². The van der Waals surface area contributed by atoms with E-state index in [1.54, 1.807) is 36.4 Å². The number of amides is 1. The first-order chi connectivity index (χ1) is 10.8. The van der Waals surface area contributed by atoms with Crippen LogP contribution in [0.1, 0.15) is 29.8 Å². The molecule has 0 fully saturated rings. The second kappa shape index (κ2) is 8.66. The van der Waals surface area contributed by atoms with Gasteiger partial charge in [-0.15, -0.1) is 12.4 Å². The maximum absolute atomic E-state index is 12.9. The molecule has 3 N–H and O–H groups in total. The molecule has 0 aliphatic heterocycles. The van der Waals surface area contributed by atoms with E-state index in [2.05, 4.69) is 5.32 Å². The predicted molar refractivity (Wildman–Crippen MR) is 95.0 cm³/mol. The number of hydrogen-bond donors (Lipinski definition) is 2. The number of rotatable bonds is 6. The molecule has 1 amide bonds. The van der Waals surface area contributed by atoms with E-state index in [1.165, 1.54) is 12.1 Å². The largest absolute Gasteiger partial charge is 0.488 e. The van der Waals surface area contributed by atoms with Gasteiger partial charge in [0.2, 0.25) is 0 Å². The van der Waals surface area contributed by atoms with Crippen molar-refractivity contribution in [3.05, 3.63) is 65.5 Å². The van der Waals surface area contributed by atoms with Gasteiger partial charge < -0.3 is 15.8 Å². The normalized spacial score (nSPS) is 10.7. The lowest BCUT2D eigenvalue weighted by molar-refractivity contribution is 0.0941. The van der Waals surface area contributed by atoms with Crippen molar-refractivity contribution in [2.45, 2.75) is 26.0 Å². The first-order valence-electron chi connectivity index (χ1n) is 7.38. The van der Waals surface area contributed by atoms with Crippen LogP contribution in [0.15, 0.2) is 48.5 Å². The van der Waals surface area contributed by atoms with E-state index in [1.807, 2.05) is 13.8 Å². The lowest BCUT2D eigenvalue weighted by atomic mass is 10.1. The fourth-order valence-corrected chi connectivity index (χ4v) is 1.93. The lowest BCUT2D eigenvalue weighted by Crippen LogP contribution is -2.45. The second-order valence-corrected chi connectivity index (χ2v) is 6.08. The molecule has 0 heterocycles. The Morgan fingerprint density at radius 2 is 1.79 bits per heavy atom. The number of carbonyl (C=O) groups is 1. The van der Waals surface area contributed by atoms with Gasteiger partial charge in [-0.25, -0.2) is 4.39 Å². The van der Waals surface area contributed by atoms with Gasteiger partial charge >= 0.3 is 0 Å². The molecule has 0 bridgehead atoms. The van der Waals surface area contributed by atoms with Crippen molar-refractivity contribution in [1.82, 2.24) is 5.32 Å². The van der Waals surface area contributed by atoms with E-state index < -0.39 is 5.54 Å². The van der Waals surface area contributed by atoms with Crippen LogP contribution in [0.3, 0.4) is 0 Å². The smallest absolute Gasteiger partial charge is 0.255 e. The van der Waals surface area contributed by atoms with Crippen LogP contribution in [0.2, 0.25) is 0 Å². The summed E-state index contributed by atoms with van der Waals surface area (Å²) in [7, 11) is 0. The lowest BCUT2D eigenvalue weighted by Gasteiger charge is -2.19. The summed E-state index contributed by atoms with van der Waals surface area (Å²) in [6, 6.07) is 13.0. The van der Waals surface area contributed by atoms with Gasteiger partial charge in [-0.2, -0.15) is 0 Å². The van der Waals surface area contributed by atoms with Gasteiger partial charge in [0.15, 0.2) is 0 Å². The van der Waals surface area contributed by atoms with E-state index in [0.29, 0.717) is 17.9 Å². The topological polar surface area (TPSA) is 64.3 Å². The maximum Gasteiger partial charge on any atom is 0.255 e. The molecule has 0 saturated heterocycles. The Morgan fingerprint density at radius 1 is 1.17 bits per heavy atom. The molecule has 2 aromatic rings. The summed E-state index contributed by atoms with van der Waals surface area (Å²) in [5, 5.41) is 2.79. The number of nitrogens with one attached hydrogen (secondary N) is 1. The number of carbonyl (C=O) groups excluding carboxylic acids is 1. The van der Waals surface area contributed by atoms with E-state index in [4.69, 9.17) is 10.5 Å². The van der Waals surface area contributed by atoms with Gasteiger partial charge in [0.1, 0.15) is 18.2 Å². The molecule has 0 saturated carbocycles. The van der Waals surface area contributed by atoms with Crippen molar-refractivity contribution in [2.24, 2.45) is 5.73 Å². The second-order valence-electron chi connectivity index (χ2n) is 6.08. The highest BCUT2D eigenvalue weighted by molar-refractivity contribution is 5.96. The number of hydrogen-bond acceptors (Lipinski definition) is 3. The minimum Gasteiger partial charge on any atom is -0.488 e. The van der Waals surface area contributed by atoms with Crippen LogP contribution in [0.25, 0.3) is 0 Å². The average Bonchev–Trinajstić information content (AvgIpc) is 2.52. The summed E-state index contributed by atoms with van der Waals surface area (Å²) in [6.07, 6.45) is 0. The van der Waals surface area contributed by atoms with Gasteiger partial charge in [-0.1, -0.05) is 24.3 Å². The molecule has 2 rings (SSSR count). The summed E-state index contributed by atoms with van der Waals surface area (Å²) in [5.74, 6) is -0.0553. The first-order valence-corrected chi connectivity index (χ1v) is 7.38. The molecule has 24 heavy (non-hydrogen) atoms. The number of halogens is 2. The maximum atomic E-state index is 12.9. The van der Waals surface area contributed by atoms with Crippen LogP contribution in [0.4, 0.5) is 4.39 Å². The monoisotopic (exact) mass is 352 g/mol. The Balaban J connectivity index is 0.00000288. The van der Waals surface area contributed by atoms with Crippen molar-refractivity contribution in [2.75, 3.05) is 6.54 Å². The quantitative estimate of drug-likeness (QED) is 0.838. The van der Waals surface area contributed by atoms with E-state index in [9.17, 15) is 9.18 Å². The highest BCUT2D eigenvalue weighted by Crippen LogP contribution is 2.19. The van der Waals surface area contributed by atoms with Gasteiger partial charge in [-0.05, 0) is 43.7 Å². The standard InChI is InChI=1S/C18H21FN2O2.ClH/c1-18(2,20)12-21-17(22)15-5-3-4-6-16(15)23-11-13-7-9-14(19)10-8-13;/h3-10H,11-12,20H2,1-2H3,(H,21,22);1H. The van der Waals surface area contributed by atoms with E-state index in [0.717, 1.165) is 5.56 Å². The number of benzene rings is 2. The molecule has 2 aromatic carbocycles. The highest BCUT2D eigenvalue weighted by Gasteiger charge is 2.16. The minimum absolute atomic E-state index is 0. The summed E-state index contributed by atoms with van der Waals surface area (Å²) >= 11 is 0. The number of ether oxygens (including phenoxy) is 1. The molecule has 0 atom stereocenters. The van der Waals surface area contributed by atoms with Gasteiger partial charge in [0.25, 0.3) is 5.91 Å². The van der Waals surface area contributed by atoms with Crippen molar-refractivity contribution in [3.8, 4) is 5.75 Å². The molecule has 0 spiro atoms. The molecular formula is C18H22ClFN2O2. The zero-order valence-electron chi connectivity index (χ0n) is 13.7. The molecule has 6 heteroatoms.